The third-order valence-corrected chi connectivity index (χ3v) is 4.45. The van der Waals surface area contributed by atoms with Crippen LogP contribution in [-0.4, -0.2) is 43.5 Å². The lowest BCUT2D eigenvalue weighted by Gasteiger charge is -2.31. The molecule has 1 aliphatic rings. The van der Waals surface area contributed by atoms with Crippen molar-refractivity contribution in [1.82, 2.24) is 15.5 Å². The van der Waals surface area contributed by atoms with Gasteiger partial charge in [-0.3, -0.25) is 9.69 Å². The van der Waals surface area contributed by atoms with Crippen molar-refractivity contribution in [3.05, 3.63) is 22.4 Å². The lowest BCUT2D eigenvalue weighted by molar-refractivity contribution is -0.123. The van der Waals surface area contributed by atoms with Crippen LogP contribution in [0.2, 0.25) is 0 Å². The van der Waals surface area contributed by atoms with Gasteiger partial charge in [-0.2, -0.15) is 11.3 Å². The fourth-order valence-electron chi connectivity index (χ4n) is 2.49. The molecule has 1 amide bonds. The normalized spacial score (nSPS) is 18.5. The monoisotopic (exact) mass is 281 g/mol. The van der Waals surface area contributed by atoms with E-state index in [0.29, 0.717) is 12.6 Å². The van der Waals surface area contributed by atoms with Gasteiger partial charge in [-0.1, -0.05) is 0 Å². The number of hydrogen-bond acceptors (Lipinski definition) is 4. The standard InChI is InChI=1S/C14H23N3OS/c1-11(12-5-8-19-10-12)16-14(18)9-17(2)13-3-6-15-7-4-13/h5,8,10-11,13,15H,3-4,6-7,9H2,1-2H3,(H,16,18)/t11-/m1/s1. The summed E-state index contributed by atoms with van der Waals surface area (Å²) in [5.74, 6) is 0.111. The van der Waals surface area contributed by atoms with Gasteiger partial charge in [0.15, 0.2) is 0 Å². The Bertz CT molecular complexity index is 387. The van der Waals surface area contributed by atoms with Crippen LogP contribution in [0.1, 0.15) is 31.4 Å². The first-order valence-corrected chi connectivity index (χ1v) is 7.83. The Kier molecular flexibility index (Phi) is 5.36. The summed E-state index contributed by atoms with van der Waals surface area (Å²) in [6.45, 7) is 4.63. The molecule has 106 valence electrons. The first kappa shape index (κ1) is 14.5. The number of likely N-dealkylation sites (N-methyl/N-ethyl adjacent to an activating group) is 1. The molecule has 1 aromatic rings. The molecule has 0 unspecified atom stereocenters. The van der Waals surface area contributed by atoms with E-state index in [4.69, 9.17) is 0 Å². The van der Waals surface area contributed by atoms with Crippen LogP contribution < -0.4 is 10.6 Å². The summed E-state index contributed by atoms with van der Waals surface area (Å²) in [4.78, 5) is 14.2. The fraction of sp³-hybridized carbons (Fsp3) is 0.643. The van der Waals surface area contributed by atoms with Gasteiger partial charge in [0.1, 0.15) is 0 Å². The average molecular weight is 281 g/mol. The van der Waals surface area contributed by atoms with Gasteiger partial charge in [-0.05, 0) is 62.3 Å². The number of rotatable bonds is 5. The number of hydrogen-bond donors (Lipinski definition) is 2. The molecular weight excluding hydrogens is 258 g/mol. The van der Waals surface area contributed by atoms with Crippen molar-refractivity contribution in [2.75, 3.05) is 26.7 Å². The molecule has 5 heteroatoms. The Labute approximate surface area is 119 Å². The maximum atomic E-state index is 12.0. The molecule has 1 aromatic heterocycles. The second-order valence-corrected chi connectivity index (χ2v) is 6.02. The molecule has 2 heterocycles. The molecule has 2 N–H and O–H groups in total. The van der Waals surface area contributed by atoms with Gasteiger partial charge < -0.3 is 10.6 Å². The molecule has 0 spiro atoms. The topological polar surface area (TPSA) is 44.4 Å². The minimum Gasteiger partial charge on any atom is -0.348 e. The van der Waals surface area contributed by atoms with Crippen molar-refractivity contribution in [3.8, 4) is 0 Å². The van der Waals surface area contributed by atoms with Crippen molar-refractivity contribution in [3.63, 3.8) is 0 Å². The van der Waals surface area contributed by atoms with Crippen LogP contribution in [-0.2, 0) is 4.79 Å². The molecule has 19 heavy (non-hydrogen) atoms. The van der Waals surface area contributed by atoms with Crippen molar-refractivity contribution >= 4 is 17.2 Å². The summed E-state index contributed by atoms with van der Waals surface area (Å²) in [6, 6.07) is 2.69. The number of nitrogens with one attached hydrogen (secondary N) is 2. The molecule has 2 rings (SSSR count). The number of carbonyl (C=O) groups is 1. The highest BCUT2D eigenvalue weighted by atomic mass is 32.1. The molecule has 0 radical (unpaired) electrons. The molecule has 1 fully saturated rings. The molecule has 0 bridgehead atoms. The van der Waals surface area contributed by atoms with Crippen LogP contribution in [0, 0.1) is 0 Å². The molecule has 4 nitrogen and oxygen atoms in total. The highest BCUT2D eigenvalue weighted by Crippen LogP contribution is 2.15. The number of thiophene rings is 1. The molecular formula is C14H23N3OS. The second-order valence-electron chi connectivity index (χ2n) is 5.24. The molecule has 0 aromatic carbocycles. The molecule has 0 aliphatic carbocycles. The van der Waals surface area contributed by atoms with Gasteiger partial charge in [-0.15, -0.1) is 0 Å². The maximum Gasteiger partial charge on any atom is 0.234 e. The van der Waals surface area contributed by atoms with E-state index in [1.54, 1.807) is 11.3 Å². The van der Waals surface area contributed by atoms with E-state index >= 15 is 0 Å². The zero-order valence-electron chi connectivity index (χ0n) is 11.7. The number of amides is 1. The maximum absolute atomic E-state index is 12.0. The van der Waals surface area contributed by atoms with Crippen molar-refractivity contribution < 1.29 is 4.79 Å². The minimum atomic E-state index is 0.0974. The summed E-state index contributed by atoms with van der Waals surface area (Å²) in [5.41, 5.74) is 1.18. The molecule has 1 aliphatic heterocycles. The van der Waals surface area contributed by atoms with Crippen molar-refractivity contribution in [2.24, 2.45) is 0 Å². The van der Waals surface area contributed by atoms with Crippen molar-refractivity contribution in [2.45, 2.75) is 31.8 Å². The predicted octanol–water partition coefficient (Wildman–Crippen LogP) is 1.61. The third-order valence-electron chi connectivity index (χ3n) is 3.75. The number of carbonyl (C=O) groups excluding carboxylic acids is 1. The van der Waals surface area contributed by atoms with Gasteiger partial charge in [-0.25, -0.2) is 0 Å². The summed E-state index contributed by atoms with van der Waals surface area (Å²) in [5, 5.41) is 10.5. The summed E-state index contributed by atoms with van der Waals surface area (Å²) >= 11 is 1.66. The van der Waals surface area contributed by atoms with Gasteiger partial charge in [0.2, 0.25) is 5.91 Å². The van der Waals surface area contributed by atoms with E-state index in [1.165, 1.54) is 5.56 Å². The first-order chi connectivity index (χ1) is 9.16. The van der Waals surface area contributed by atoms with Gasteiger partial charge in [0.25, 0.3) is 0 Å². The lowest BCUT2D eigenvalue weighted by Crippen LogP contribution is -2.45. The summed E-state index contributed by atoms with van der Waals surface area (Å²) in [6.07, 6.45) is 2.26. The minimum absolute atomic E-state index is 0.0974. The lowest BCUT2D eigenvalue weighted by atomic mass is 10.1. The van der Waals surface area contributed by atoms with E-state index in [1.807, 2.05) is 19.4 Å². The largest absolute Gasteiger partial charge is 0.348 e. The fourth-order valence-corrected chi connectivity index (χ4v) is 3.25. The Balaban J connectivity index is 1.77. The summed E-state index contributed by atoms with van der Waals surface area (Å²) in [7, 11) is 2.05. The van der Waals surface area contributed by atoms with E-state index in [0.717, 1.165) is 25.9 Å². The summed E-state index contributed by atoms with van der Waals surface area (Å²) < 4.78 is 0. The second kappa shape index (κ2) is 7.03. The van der Waals surface area contributed by atoms with Crippen LogP contribution in [0.25, 0.3) is 0 Å². The van der Waals surface area contributed by atoms with E-state index in [9.17, 15) is 4.79 Å². The Hall–Kier alpha value is -0.910. The van der Waals surface area contributed by atoms with Gasteiger partial charge >= 0.3 is 0 Å². The van der Waals surface area contributed by atoms with Crippen LogP contribution in [0.3, 0.4) is 0 Å². The number of nitrogens with zero attached hydrogens (tertiary/aromatic N) is 1. The van der Waals surface area contributed by atoms with Gasteiger partial charge in [0.05, 0.1) is 12.6 Å². The highest BCUT2D eigenvalue weighted by molar-refractivity contribution is 7.07. The van der Waals surface area contributed by atoms with E-state index in [2.05, 4.69) is 27.0 Å². The van der Waals surface area contributed by atoms with Gasteiger partial charge in [0, 0.05) is 6.04 Å². The van der Waals surface area contributed by atoms with E-state index in [-0.39, 0.29) is 11.9 Å². The Morgan fingerprint density at radius 2 is 2.32 bits per heavy atom. The van der Waals surface area contributed by atoms with Crippen LogP contribution in [0.15, 0.2) is 16.8 Å². The third kappa shape index (κ3) is 4.30. The SMILES string of the molecule is C[C@@H](NC(=O)CN(C)C1CCNCC1)c1ccsc1. The molecule has 1 atom stereocenters. The quantitative estimate of drug-likeness (QED) is 0.862. The zero-order chi connectivity index (χ0) is 13.7. The van der Waals surface area contributed by atoms with Crippen LogP contribution in [0.5, 0.6) is 0 Å². The van der Waals surface area contributed by atoms with Crippen molar-refractivity contribution in [1.29, 1.82) is 0 Å². The average Bonchev–Trinajstić information content (AvgIpc) is 2.93. The smallest absolute Gasteiger partial charge is 0.234 e. The predicted molar refractivity (Wildman–Crippen MR) is 79.4 cm³/mol. The Morgan fingerprint density at radius 3 is 2.95 bits per heavy atom. The zero-order valence-corrected chi connectivity index (χ0v) is 12.5. The van der Waals surface area contributed by atoms with Crippen LogP contribution >= 0.6 is 11.3 Å². The van der Waals surface area contributed by atoms with Crippen LogP contribution in [0.4, 0.5) is 0 Å². The first-order valence-electron chi connectivity index (χ1n) is 6.89. The number of piperidine rings is 1. The highest BCUT2D eigenvalue weighted by Gasteiger charge is 2.20. The van der Waals surface area contributed by atoms with E-state index < -0.39 is 0 Å². The molecule has 0 saturated carbocycles. The Morgan fingerprint density at radius 1 is 1.58 bits per heavy atom. The molecule has 1 saturated heterocycles.